The molecule has 3 fully saturated rings. The minimum Gasteiger partial charge on any atom is -0.481 e. The Bertz CT molecular complexity index is 1030. The molecule has 2 amide bonds. The van der Waals surface area contributed by atoms with Gasteiger partial charge in [0, 0.05) is 17.1 Å². The molecule has 0 saturated carbocycles. The molecule has 1 aromatic carbocycles. The number of rotatable bonds is 8. The summed E-state index contributed by atoms with van der Waals surface area (Å²) in [7, 11) is 0. The minimum absolute atomic E-state index is 0.210. The molecule has 3 heterocycles. The van der Waals surface area contributed by atoms with Crippen LogP contribution < -0.4 is 4.90 Å². The Morgan fingerprint density at radius 2 is 2.12 bits per heavy atom. The Kier molecular flexibility index (Phi) is 6.65. The number of carbonyl (C=O) groups excluding carboxylic acids is 2. The highest BCUT2D eigenvalue weighted by Crippen LogP contribution is 2.60. The Balaban J connectivity index is 1.87. The summed E-state index contributed by atoms with van der Waals surface area (Å²) in [4.78, 5) is 43.1. The van der Waals surface area contributed by atoms with E-state index in [2.05, 4.69) is 22.5 Å². The molecule has 3 aliphatic heterocycles. The van der Waals surface area contributed by atoms with Gasteiger partial charge in [0.1, 0.15) is 11.6 Å². The molecule has 2 bridgehead atoms. The standard InChI is InChI=1S/C25H31BrN2O6/c1-5-9-27(17-10-13(3)7-8-14(17)4)23(31)21-25-11-16(26)20(34-25)18(24(32)33)19(25)22(30)28(21)15(6-2)12-29/h5,7-8,10,15-16,18-21,29H,1,6,9,11-12H2,2-4H3,(H,32,33)/t15-,16?,18+,19-,20+,21?,25?/m0/s1. The molecule has 0 radical (unpaired) electrons. The number of ether oxygens (including phenoxy) is 1. The number of aliphatic carboxylic acids is 1. The highest BCUT2D eigenvalue weighted by Gasteiger charge is 2.77. The summed E-state index contributed by atoms with van der Waals surface area (Å²) in [6.07, 6.45) is 1.67. The summed E-state index contributed by atoms with van der Waals surface area (Å²) in [5, 5.41) is 20.1. The number of halogens is 1. The first-order valence-electron chi connectivity index (χ1n) is 11.6. The number of likely N-dealkylation sites (tertiary alicyclic amines) is 1. The van der Waals surface area contributed by atoms with Crippen molar-refractivity contribution in [3.63, 3.8) is 0 Å². The zero-order valence-electron chi connectivity index (χ0n) is 19.6. The second-order valence-corrected chi connectivity index (χ2v) is 10.7. The summed E-state index contributed by atoms with van der Waals surface area (Å²) in [6.45, 7) is 9.37. The van der Waals surface area contributed by atoms with Gasteiger partial charge in [0.15, 0.2) is 0 Å². The normalized spacial score (nSPS) is 32.6. The summed E-state index contributed by atoms with van der Waals surface area (Å²) < 4.78 is 6.32. The van der Waals surface area contributed by atoms with Crippen LogP contribution in [-0.4, -0.2) is 74.7 Å². The Hall–Kier alpha value is -2.23. The number of hydrogen-bond acceptors (Lipinski definition) is 5. The van der Waals surface area contributed by atoms with Crippen molar-refractivity contribution in [2.24, 2.45) is 11.8 Å². The van der Waals surface area contributed by atoms with Crippen molar-refractivity contribution in [2.75, 3.05) is 18.1 Å². The molecular weight excluding hydrogens is 504 g/mol. The topological polar surface area (TPSA) is 107 Å². The number of fused-ring (bicyclic) bond motifs is 1. The number of carboxylic acids is 1. The number of carbonyl (C=O) groups is 3. The third-order valence-electron chi connectivity index (χ3n) is 7.55. The first-order valence-corrected chi connectivity index (χ1v) is 12.5. The second kappa shape index (κ2) is 9.09. The van der Waals surface area contributed by atoms with Crippen LogP contribution in [0.2, 0.25) is 0 Å². The monoisotopic (exact) mass is 534 g/mol. The van der Waals surface area contributed by atoms with Crippen LogP contribution in [0.3, 0.4) is 0 Å². The van der Waals surface area contributed by atoms with Crippen molar-refractivity contribution in [3.05, 3.63) is 42.0 Å². The lowest BCUT2D eigenvalue weighted by Gasteiger charge is -2.39. The zero-order chi connectivity index (χ0) is 24.9. The maximum atomic E-state index is 14.4. The Morgan fingerprint density at radius 3 is 2.71 bits per heavy atom. The van der Waals surface area contributed by atoms with E-state index in [-0.39, 0.29) is 23.9 Å². The van der Waals surface area contributed by atoms with Crippen molar-refractivity contribution in [2.45, 2.75) is 62.2 Å². The molecule has 3 unspecified atom stereocenters. The molecule has 9 heteroatoms. The molecule has 1 aromatic rings. The third kappa shape index (κ3) is 3.51. The minimum atomic E-state index is -1.28. The summed E-state index contributed by atoms with van der Waals surface area (Å²) in [6, 6.07) is 4.12. The van der Waals surface area contributed by atoms with Crippen LogP contribution in [0.15, 0.2) is 30.9 Å². The van der Waals surface area contributed by atoms with E-state index in [1.807, 2.05) is 39.0 Å². The number of aliphatic hydroxyl groups excluding tert-OH is 1. The van der Waals surface area contributed by atoms with E-state index in [4.69, 9.17) is 4.74 Å². The molecule has 7 atom stereocenters. The maximum Gasteiger partial charge on any atom is 0.310 e. The van der Waals surface area contributed by atoms with E-state index in [1.54, 1.807) is 11.0 Å². The van der Waals surface area contributed by atoms with E-state index < -0.39 is 47.5 Å². The lowest BCUT2D eigenvalue weighted by atomic mass is 9.70. The molecule has 3 saturated heterocycles. The molecular formula is C25H31BrN2O6. The molecule has 8 nitrogen and oxygen atoms in total. The quantitative estimate of drug-likeness (QED) is 0.391. The van der Waals surface area contributed by atoms with Crippen LogP contribution in [0, 0.1) is 25.7 Å². The van der Waals surface area contributed by atoms with E-state index in [1.165, 1.54) is 4.90 Å². The van der Waals surface area contributed by atoms with E-state index >= 15 is 0 Å². The fraction of sp³-hybridized carbons (Fsp3) is 0.560. The number of anilines is 1. The smallest absolute Gasteiger partial charge is 0.310 e. The van der Waals surface area contributed by atoms with Crippen molar-refractivity contribution in [1.82, 2.24) is 4.90 Å². The number of hydrogen-bond donors (Lipinski definition) is 2. The molecule has 2 N–H and O–H groups in total. The number of aryl methyl sites for hydroxylation is 2. The maximum absolute atomic E-state index is 14.4. The van der Waals surface area contributed by atoms with Crippen LogP contribution in [0.5, 0.6) is 0 Å². The van der Waals surface area contributed by atoms with Crippen LogP contribution >= 0.6 is 15.9 Å². The highest BCUT2D eigenvalue weighted by atomic mass is 79.9. The number of amides is 2. The van der Waals surface area contributed by atoms with Gasteiger partial charge in [0.05, 0.1) is 30.6 Å². The molecule has 4 rings (SSSR count). The molecule has 3 aliphatic rings. The SMILES string of the molecule is C=CCN(C(=O)C1N([C@@H](CC)CO)C(=O)[C@@H]2[C@@H](C(=O)O)[C@@H]3OC12CC3Br)c1cc(C)ccc1C. The van der Waals surface area contributed by atoms with Crippen LogP contribution in [-0.2, 0) is 19.1 Å². The lowest BCUT2D eigenvalue weighted by molar-refractivity contribution is -0.150. The molecule has 0 aliphatic carbocycles. The van der Waals surface area contributed by atoms with Crippen LogP contribution in [0.4, 0.5) is 5.69 Å². The summed E-state index contributed by atoms with van der Waals surface area (Å²) in [5.41, 5.74) is 1.28. The molecule has 184 valence electrons. The first kappa shape index (κ1) is 24.9. The molecule has 1 spiro atoms. The number of nitrogens with zero attached hydrogens (tertiary/aromatic N) is 2. The fourth-order valence-electron chi connectivity index (χ4n) is 6.03. The first-order chi connectivity index (χ1) is 16.1. The molecule has 0 aromatic heterocycles. The van der Waals surface area contributed by atoms with Crippen LogP contribution in [0.1, 0.15) is 30.9 Å². The van der Waals surface area contributed by atoms with Gasteiger partial charge >= 0.3 is 5.97 Å². The number of aliphatic hydroxyl groups is 1. The van der Waals surface area contributed by atoms with Crippen molar-refractivity contribution in [1.29, 1.82) is 0 Å². The second-order valence-electron chi connectivity index (χ2n) is 9.52. The van der Waals surface area contributed by atoms with Gasteiger partial charge in [-0.3, -0.25) is 14.4 Å². The third-order valence-corrected chi connectivity index (χ3v) is 8.40. The van der Waals surface area contributed by atoms with Gasteiger partial charge < -0.3 is 24.7 Å². The van der Waals surface area contributed by atoms with Gasteiger partial charge in [0.25, 0.3) is 5.91 Å². The van der Waals surface area contributed by atoms with Crippen LogP contribution in [0.25, 0.3) is 0 Å². The van der Waals surface area contributed by atoms with Gasteiger partial charge in [-0.15, -0.1) is 6.58 Å². The van der Waals surface area contributed by atoms with E-state index in [9.17, 15) is 24.6 Å². The predicted molar refractivity (Wildman–Crippen MR) is 130 cm³/mol. The van der Waals surface area contributed by atoms with Gasteiger partial charge in [0.2, 0.25) is 5.91 Å². The van der Waals surface area contributed by atoms with Crippen molar-refractivity contribution >= 4 is 39.4 Å². The largest absolute Gasteiger partial charge is 0.481 e. The van der Waals surface area contributed by atoms with Gasteiger partial charge in [-0.2, -0.15) is 0 Å². The lowest BCUT2D eigenvalue weighted by Crippen LogP contribution is -2.59. The Morgan fingerprint density at radius 1 is 1.41 bits per heavy atom. The highest BCUT2D eigenvalue weighted by molar-refractivity contribution is 9.09. The Labute approximate surface area is 207 Å². The number of alkyl halides is 1. The van der Waals surface area contributed by atoms with Crippen molar-refractivity contribution < 1.29 is 29.3 Å². The average molecular weight is 535 g/mol. The predicted octanol–water partition coefficient (Wildman–Crippen LogP) is 2.43. The molecule has 34 heavy (non-hydrogen) atoms. The summed E-state index contributed by atoms with van der Waals surface area (Å²) >= 11 is 3.55. The fourth-order valence-corrected chi connectivity index (χ4v) is 6.97. The van der Waals surface area contributed by atoms with E-state index in [0.29, 0.717) is 18.5 Å². The van der Waals surface area contributed by atoms with Crippen molar-refractivity contribution in [3.8, 4) is 0 Å². The van der Waals surface area contributed by atoms with Gasteiger partial charge in [-0.25, -0.2) is 0 Å². The van der Waals surface area contributed by atoms with Gasteiger partial charge in [-0.05, 0) is 43.9 Å². The van der Waals surface area contributed by atoms with Gasteiger partial charge in [-0.1, -0.05) is 41.1 Å². The van der Waals surface area contributed by atoms with E-state index in [0.717, 1.165) is 11.1 Å². The zero-order valence-corrected chi connectivity index (χ0v) is 21.2. The summed E-state index contributed by atoms with van der Waals surface area (Å²) in [5.74, 6) is -3.95. The number of carboxylic acid groups (broad SMARTS) is 1. The average Bonchev–Trinajstić information content (AvgIpc) is 3.38. The number of benzene rings is 1.